The minimum atomic E-state index is -0.678. The molecule has 9 nitrogen and oxygen atoms in total. The Kier molecular flexibility index (Phi) is 5.98. The zero-order valence-corrected chi connectivity index (χ0v) is 17.8. The van der Waals surface area contributed by atoms with E-state index in [0.717, 1.165) is 0 Å². The Morgan fingerprint density at radius 1 is 1.19 bits per heavy atom. The Bertz CT molecular complexity index is 1430. The van der Waals surface area contributed by atoms with E-state index in [9.17, 15) is 14.4 Å². The van der Waals surface area contributed by atoms with Crippen molar-refractivity contribution in [1.82, 2.24) is 14.0 Å². The Balaban J connectivity index is 2.15. The van der Waals surface area contributed by atoms with E-state index in [4.69, 9.17) is 9.15 Å². The number of carbonyl (C=O) groups is 2. The fraction of sp³-hybridized carbons (Fsp3) is 0.261. The number of fused-ring (bicyclic) bond motifs is 2. The molecular formula is C23H22N4O5. The summed E-state index contributed by atoms with van der Waals surface area (Å²) in [6.45, 7) is 3.79. The lowest BCUT2D eigenvalue weighted by molar-refractivity contribution is -0.118. The normalized spacial score (nSPS) is 11.9. The van der Waals surface area contributed by atoms with Crippen LogP contribution in [-0.4, -0.2) is 32.4 Å². The summed E-state index contributed by atoms with van der Waals surface area (Å²) in [5.41, 5.74) is 0.459. The molecule has 0 aliphatic heterocycles. The number of nitrogens with zero attached hydrogens (tertiary/aromatic N) is 4. The molecule has 4 aromatic rings. The minimum Gasteiger partial charge on any atom is -0.467 e. The maximum absolute atomic E-state index is 13.2. The van der Waals surface area contributed by atoms with Crippen LogP contribution in [-0.2, 0) is 16.1 Å². The monoisotopic (exact) mass is 434 g/mol. The van der Waals surface area contributed by atoms with Gasteiger partial charge >= 0.3 is 5.97 Å². The number of pyridine rings is 2. The zero-order valence-electron chi connectivity index (χ0n) is 17.8. The number of carbonyl (C=O) groups excluding carboxylic acids is 2. The highest BCUT2D eigenvalue weighted by molar-refractivity contribution is 5.93. The molecule has 0 N–H and O–H groups in total. The van der Waals surface area contributed by atoms with Gasteiger partial charge in [0, 0.05) is 12.6 Å². The van der Waals surface area contributed by atoms with Crippen LogP contribution < -0.4 is 11.0 Å². The van der Waals surface area contributed by atoms with Gasteiger partial charge in [-0.2, -0.15) is 4.99 Å². The summed E-state index contributed by atoms with van der Waals surface area (Å²) in [5, 5.41) is 0.199. The zero-order chi connectivity index (χ0) is 22.7. The third-order valence-corrected chi connectivity index (χ3v) is 4.87. The molecule has 4 aromatic heterocycles. The fourth-order valence-corrected chi connectivity index (χ4v) is 3.45. The molecule has 0 aromatic carbocycles. The van der Waals surface area contributed by atoms with Gasteiger partial charge in [0.05, 0.1) is 24.8 Å². The first-order valence-corrected chi connectivity index (χ1v) is 10.4. The summed E-state index contributed by atoms with van der Waals surface area (Å²) in [7, 11) is 0. The van der Waals surface area contributed by atoms with Crippen molar-refractivity contribution in [3.8, 4) is 0 Å². The molecule has 0 bridgehead atoms. The number of hydrogen-bond donors (Lipinski definition) is 0. The standard InChI is InChI=1S/C23H22N4O5/c1-3-8-19(28)25-21-17(23(30)31-4-2)13-16-20(27(21)14-15-9-7-12-32-15)24-18-10-5-6-11-26(18)22(16)29/h5-7,9-13H,3-4,8,14H2,1-2H3. The van der Waals surface area contributed by atoms with E-state index >= 15 is 0 Å². The van der Waals surface area contributed by atoms with Crippen LogP contribution in [0, 0.1) is 0 Å². The maximum Gasteiger partial charge on any atom is 0.341 e. The van der Waals surface area contributed by atoms with Gasteiger partial charge in [-0.15, -0.1) is 0 Å². The molecule has 0 atom stereocenters. The van der Waals surface area contributed by atoms with Gasteiger partial charge in [-0.05, 0) is 43.7 Å². The van der Waals surface area contributed by atoms with Gasteiger partial charge in [-0.3, -0.25) is 14.0 Å². The SMILES string of the molecule is CCCC(=O)N=c1c(C(=O)OCC)cc2c(=O)n3ccccc3nc2n1Cc1ccco1. The van der Waals surface area contributed by atoms with E-state index in [1.165, 1.54) is 16.7 Å². The second kappa shape index (κ2) is 9.01. The predicted octanol–water partition coefficient (Wildman–Crippen LogP) is 2.69. The summed E-state index contributed by atoms with van der Waals surface area (Å²) >= 11 is 0. The molecule has 0 aliphatic rings. The molecule has 32 heavy (non-hydrogen) atoms. The molecule has 164 valence electrons. The summed E-state index contributed by atoms with van der Waals surface area (Å²) in [6.07, 6.45) is 3.94. The van der Waals surface area contributed by atoms with Gasteiger partial charge in [0.1, 0.15) is 22.6 Å². The van der Waals surface area contributed by atoms with Crippen LogP contribution in [0.4, 0.5) is 0 Å². The summed E-state index contributed by atoms with van der Waals surface area (Å²) in [4.78, 5) is 47.4. The van der Waals surface area contributed by atoms with Crippen molar-refractivity contribution >= 4 is 28.6 Å². The Labute approximate surface area is 182 Å². The van der Waals surface area contributed by atoms with Crippen molar-refractivity contribution in [3.05, 3.63) is 76.0 Å². The number of hydrogen-bond acceptors (Lipinski definition) is 6. The van der Waals surface area contributed by atoms with Gasteiger partial charge in [-0.1, -0.05) is 13.0 Å². The van der Waals surface area contributed by atoms with Gasteiger partial charge in [0.25, 0.3) is 5.56 Å². The molecule has 9 heteroatoms. The molecule has 0 radical (unpaired) electrons. The molecule has 1 amide bonds. The van der Waals surface area contributed by atoms with E-state index in [1.54, 1.807) is 48.0 Å². The number of aromatic nitrogens is 3. The first kappa shape index (κ1) is 21.2. The topological polar surface area (TPSA) is 108 Å². The first-order chi connectivity index (χ1) is 15.5. The van der Waals surface area contributed by atoms with Crippen LogP contribution in [0.15, 0.2) is 63.1 Å². The van der Waals surface area contributed by atoms with E-state index in [2.05, 4.69) is 9.98 Å². The molecule has 4 heterocycles. The summed E-state index contributed by atoms with van der Waals surface area (Å²) in [5.74, 6) is -0.516. The summed E-state index contributed by atoms with van der Waals surface area (Å²) < 4.78 is 13.6. The maximum atomic E-state index is 13.2. The Hall–Kier alpha value is -4.01. The van der Waals surface area contributed by atoms with E-state index in [0.29, 0.717) is 17.8 Å². The summed E-state index contributed by atoms with van der Waals surface area (Å²) in [6, 6.07) is 10.1. The van der Waals surface area contributed by atoms with Crippen LogP contribution >= 0.6 is 0 Å². The van der Waals surface area contributed by atoms with Gasteiger partial charge in [0.2, 0.25) is 5.91 Å². The lowest BCUT2D eigenvalue weighted by Gasteiger charge is -2.14. The highest BCUT2D eigenvalue weighted by Crippen LogP contribution is 2.14. The van der Waals surface area contributed by atoms with Crippen LogP contribution in [0.1, 0.15) is 42.8 Å². The third kappa shape index (κ3) is 3.96. The lowest BCUT2D eigenvalue weighted by atomic mass is 10.2. The lowest BCUT2D eigenvalue weighted by Crippen LogP contribution is -2.33. The van der Waals surface area contributed by atoms with Crippen molar-refractivity contribution in [2.75, 3.05) is 6.61 Å². The van der Waals surface area contributed by atoms with Crippen molar-refractivity contribution in [2.45, 2.75) is 33.2 Å². The molecule has 0 saturated heterocycles. The largest absolute Gasteiger partial charge is 0.467 e. The van der Waals surface area contributed by atoms with Gasteiger partial charge in [0.15, 0.2) is 5.49 Å². The first-order valence-electron chi connectivity index (χ1n) is 10.4. The van der Waals surface area contributed by atoms with E-state index in [1.807, 2.05) is 6.92 Å². The molecule has 0 spiro atoms. The second-order valence-corrected chi connectivity index (χ2v) is 7.11. The van der Waals surface area contributed by atoms with Crippen molar-refractivity contribution in [2.24, 2.45) is 4.99 Å². The minimum absolute atomic E-state index is 0.0186. The average molecular weight is 434 g/mol. The van der Waals surface area contributed by atoms with E-state index in [-0.39, 0.29) is 53.1 Å². The molecule has 0 fully saturated rings. The number of esters is 1. The van der Waals surface area contributed by atoms with Crippen molar-refractivity contribution in [1.29, 1.82) is 0 Å². The smallest absolute Gasteiger partial charge is 0.341 e. The second-order valence-electron chi connectivity index (χ2n) is 7.11. The molecule has 0 aliphatic carbocycles. The molecular weight excluding hydrogens is 412 g/mol. The number of rotatable bonds is 6. The van der Waals surface area contributed by atoms with Gasteiger partial charge < -0.3 is 13.7 Å². The fourth-order valence-electron chi connectivity index (χ4n) is 3.45. The quantitative estimate of drug-likeness (QED) is 0.341. The Morgan fingerprint density at radius 3 is 2.75 bits per heavy atom. The predicted molar refractivity (Wildman–Crippen MR) is 116 cm³/mol. The average Bonchev–Trinajstić information content (AvgIpc) is 3.29. The third-order valence-electron chi connectivity index (χ3n) is 4.87. The molecule has 0 unspecified atom stereocenters. The van der Waals surface area contributed by atoms with Crippen LogP contribution in [0.3, 0.4) is 0 Å². The highest BCUT2D eigenvalue weighted by atomic mass is 16.5. The number of ether oxygens (including phenoxy) is 1. The van der Waals surface area contributed by atoms with Crippen LogP contribution in [0.25, 0.3) is 16.7 Å². The molecule has 4 rings (SSSR count). The van der Waals surface area contributed by atoms with E-state index < -0.39 is 5.97 Å². The Morgan fingerprint density at radius 2 is 2.03 bits per heavy atom. The van der Waals surface area contributed by atoms with Crippen molar-refractivity contribution < 1.29 is 18.7 Å². The van der Waals surface area contributed by atoms with Gasteiger partial charge in [-0.25, -0.2) is 9.78 Å². The highest BCUT2D eigenvalue weighted by Gasteiger charge is 2.20. The number of amides is 1. The molecule has 0 saturated carbocycles. The van der Waals surface area contributed by atoms with Crippen LogP contribution in [0.5, 0.6) is 0 Å². The van der Waals surface area contributed by atoms with Crippen LogP contribution in [0.2, 0.25) is 0 Å². The van der Waals surface area contributed by atoms with Crippen molar-refractivity contribution in [3.63, 3.8) is 0 Å². The number of furan rings is 1.